The Balaban J connectivity index is 2.24. The molecule has 0 saturated heterocycles. The number of halogens is 6. The highest BCUT2D eigenvalue weighted by molar-refractivity contribution is 5.99. The highest BCUT2D eigenvalue weighted by Gasteiger charge is 2.46. The number of rotatable bonds is 0. The molecule has 2 aromatic rings. The summed E-state index contributed by atoms with van der Waals surface area (Å²) in [6, 6.07) is 1.16. The second kappa shape index (κ2) is 4.69. The Morgan fingerprint density at radius 1 is 1.09 bits per heavy atom. The lowest BCUT2D eigenvalue weighted by molar-refractivity contribution is -0.140. The summed E-state index contributed by atoms with van der Waals surface area (Å²) in [6.45, 7) is 1.35. The summed E-state index contributed by atoms with van der Waals surface area (Å²) in [5.74, 6) is 0. The van der Waals surface area contributed by atoms with E-state index in [-0.39, 0.29) is 16.6 Å². The normalized spacial score (nSPS) is 19.0. The van der Waals surface area contributed by atoms with Gasteiger partial charge in [0.2, 0.25) is 0 Å². The number of nitrogens with zero attached hydrogens (tertiary/aromatic N) is 1. The smallest absolute Gasteiger partial charge is 0.357 e. The number of H-pyrrole nitrogens is 1. The number of aromatic amines is 1. The van der Waals surface area contributed by atoms with Crippen LogP contribution in [0.15, 0.2) is 23.8 Å². The summed E-state index contributed by atoms with van der Waals surface area (Å²) in [4.78, 5) is 3.85. The number of alkyl halides is 6. The quantitative estimate of drug-likeness (QED) is 0.674. The van der Waals surface area contributed by atoms with Crippen molar-refractivity contribution in [1.82, 2.24) is 4.98 Å². The molecule has 0 bridgehead atoms. The number of fused-ring (bicyclic) bond motifs is 3. The number of aromatic nitrogens is 1. The lowest BCUT2D eigenvalue weighted by Crippen LogP contribution is -2.46. The third kappa shape index (κ3) is 2.46. The van der Waals surface area contributed by atoms with Gasteiger partial charge in [-0.25, -0.2) is 0 Å². The number of anilines is 1. The van der Waals surface area contributed by atoms with Crippen molar-refractivity contribution in [3.8, 4) is 0 Å². The molecule has 2 nitrogen and oxygen atoms in total. The summed E-state index contributed by atoms with van der Waals surface area (Å²) in [7, 11) is 1.24. The van der Waals surface area contributed by atoms with Gasteiger partial charge in [-0.2, -0.15) is 26.3 Å². The number of hydrogen-bond donors (Lipinski definition) is 1. The minimum atomic E-state index is -4.55. The summed E-state index contributed by atoms with van der Waals surface area (Å²) in [6.07, 6.45) is -7.74. The van der Waals surface area contributed by atoms with E-state index in [0.29, 0.717) is 11.2 Å². The number of nitrogens with one attached hydrogen (secondary N) is 1. The van der Waals surface area contributed by atoms with Crippen molar-refractivity contribution in [2.24, 2.45) is 0 Å². The molecule has 124 valence electrons. The van der Waals surface area contributed by atoms with Gasteiger partial charge in [0.1, 0.15) is 6.04 Å². The lowest BCUT2D eigenvalue weighted by Gasteiger charge is -2.35. The molecular formula is C15H12F6N2. The van der Waals surface area contributed by atoms with E-state index in [0.717, 1.165) is 17.0 Å². The molecule has 2 heterocycles. The molecule has 0 amide bonds. The SMILES string of the molecule is CC1=Cc2[nH]c3ccc(C(F)(F)F)cc3c2N(C)C1C(F)(F)F. The predicted octanol–water partition coefficient (Wildman–Crippen LogP) is 4.97. The zero-order chi connectivity index (χ0) is 17.2. The van der Waals surface area contributed by atoms with Crippen molar-refractivity contribution in [3.05, 3.63) is 35.0 Å². The van der Waals surface area contributed by atoms with Crippen molar-refractivity contribution in [2.45, 2.75) is 25.3 Å². The van der Waals surface area contributed by atoms with Gasteiger partial charge >= 0.3 is 12.4 Å². The van der Waals surface area contributed by atoms with Crippen LogP contribution < -0.4 is 4.90 Å². The van der Waals surface area contributed by atoms with Crippen molar-refractivity contribution in [3.63, 3.8) is 0 Å². The Morgan fingerprint density at radius 3 is 2.30 bits per heavy atom. The highest BCUT2D eigenvalue weighted by atomic mass is 19.4. The van der Waals surface area contributed by atoms with Gasteiger partial charge in [-0.15, -0.1) is 0 Å². The second-order valence-corrected chi connectivity index (χ2v) is 5.59. The molecule has 1 N–H and O–H groups in total. The Kier molecular flexibility index (Phi) is 3.21. The van der Waals surface area contributed by atoms with Crippen LogP contribution in [0.5, 0.6) is 0 Å². The Labute approximate surface area is 127 Å². The van der Waals surface area contributed by atoms with Crippen LogP contribution >= 0.6 is 0 Å². The van der Waals surface area contributed by atoms with Crippen LogP contribution in [-0.4, -0.2) is 24.2 Å². The van der Waals surface area contributed by atoms with E-state index in [1.165, 1.54) is 26.1 Å². The first kappa shape index (κ1) is 15.8. The van der Waals surface area contributed by atoms with Gasteiger partial charge in [0.15, 0.2) is 0 Å². The fourth-order valence-corrected chi connectivity index (χ4v) is 3.08. The number of benzene rings is 1. The fraction of sp³-hybridized carbons (Fsp3) is 0.333. The molecule has 0 spiro atoms. The van der Waals surface area contributed by atoms with Crippen molar-refractivity contribution in [1.29, 1.82) is 0 Å². The molecule has 3 rings (SSSR count). The van der Waals surface area contributed by atoms with E-state index in [9.17, 15) is 26.3 Å². The zero-order valence-electron chi connectivity index (χ0n) is 12.1. The average Bonchev–Trinajstić information content (AvgIpc) is 2.72. The molecule has 1 aromatic carbocycles. The third-order valence-electron chi connectivity index (χ3n) is 3.98. The van der Waals surface area contributed by atoms with Gasteiger partial charge in [0.05, 0.1) is 16.9 Å². The molecule has 1 unspecified atom stereocenters. The van der Waals surface area contributed by atoms with Gasteiger partial charge in [-0.1, -0.05) is 0 Å². The second-order valence-electron chi connectivity index (χ2n) is 5.59. The van der Waals surface area contributed by atoms with Gasteiger partial charge in [0.25, 0.3) is 0 Å². The molecule has 0 radical (unpaired) electrons. The topological polar surface area (TPSA) is 19.0 Å². The van der Waals surface area contributed by atoms with Crippen LogP contribution in [-0.2, 0) is 6.18 Å². The highest BCUT2D eigenvalue weighted by Crippen LogP contribution is 2.43. The summed E-state index contributed by atoms with van der Waals surface area (Å²) < 4.78 is 78.3. The first-order chi connectivity index (χ1) is 10.5. The number of hydrogen-bond acceptors (Lipinski definition) is 1. The molecule has 8 heteroatoms. The first-order valence-electron chi connectivity index (χ1n) is 6.71. The first-order valence-corrected chi connectivity index (χ1v) is 6.71. The maximum atomic E-state index is 13.2. The zero-order valence-corrected chi connectivity index (χ0v) is 12.1. The summed E-state index contributed by atoms with van der Waals surface area (Å²) in [5.41, 5.74) is 0.0470. The molecule has 0 saturated carbocycles. The fourth-order valence-electron chi connectivity index (χ4n) is 3.08. The van der Waals surface area contributed by atoms with Crippen molar-refractivity contribution < 1.29 is 26.3 Å². The molecule has 0 fully saturated rings. The van der Waals surface area contributed by atoms with E-state index >= 15 is 0 Å². The van der Waals surface area contributed by atoms with Gasteiger partial charge in [-0.05, 0) is 36.8 Å². The average molecular weight is 334 g/mol. The minimum Gasteiger partial charge on any atom is -0.357 e. The maximum Gasteiger partial charge on any atom is 0.416 e. The minimum absolute atomic E-state index is 0.0788. The summed E-state index contributed by atoms with van der Waals surface area (Å²) >= 11 is 0. The molecule has 23 heavy (non-hydrogen) atoms. The molecule has 1 aromatic heterocycles. The largest absolute Gasteiger partial charge is 0.416 e. The van der Waals surface area contributed by atoms with Crippen LogP contribution in [0.4, 0.5) is 32.0 Å². The van der Waals surface area contributed by atoms with Gasteiger partial charge in [-0.3, -0.25) is 0 Å². The van der Waals surface area contributed by atoms with Crippen LogP contribution in [0.3, 0.4) is 0 Å². The lowest BCUT2D eigenvalue weighted by atomic mass is 9.99. The predicted molar refractivity (Wildman–Crippen MR) is 75.2 cm³/mol. The van der Waals surface area contributed by atoms with Crippen LogP contribution in [0.25, 0.3) is 17.0 Å². The van der Waals surface area contributed by atoms with E-state index in [1.807, 2.05) is 0 Å². The maximum absolute atomic E-state index is 13.2. The van der Waals surface area contributed by atoms with E-state index in [4.69, 9.17) is 0 Å². The van der Waals surface area contributed by atoms with Crippen LogP contribution in [0.1, 0.15) is 18.2 Å². The van der Waals surface area contributed by atoms with Gasteiger partial charge < -0.3 is 9.88 Å². The van der Waals surface area contributed by atoms with Crippen molar-refractivity contribution >= 4 is 22.7 Å². The number of likely N-dealkylation sites (N-methyl/N-ethyl adjacent to an activating group) is 1. The molecule has 1 atom stereocenters. The third-order valence-corrected chi connectivity index (χ3v) is 3.98. The Bertz CT molecular complexity index is 797. The standard InChI is InChI=1S/C15H12F6N2/c1-7-5-11-12(23(2)13(7)15(19,20)21)9-6-8(14(16,17)18)3-4-10(9)22-11/h3-6,13,22H,1-2H3. The van der Waals surface area contributed by atoms with Crippen LogP contribution in [0.2, 0.25) is 0 Å². The molecule has 1 aliphatic rings. The van der Waals surface area contributed by atoms with E-state index in [1.54, 1.807) is 0 Å². The molecular weight excluding hydrogens is 322 g/mol. The molecule has 0 aliphatic carbocycles. The van der Waals surface area contributed by atoms with Crippen LogP contribution in [0, 0.1) is 0 Å². The summed E-state index contributed by atoms with van der Waals surface area (Å²) in [5, 5.41) is 0.121. The Hall–Kier alpha value is -2.12. The van der Waals surface area contributed by atoms with E-state index in [2.05, 4.69) is 4.98 Å². The molecule has 1 aliphatic heterocycles. The Morgan fingerprint density at radius 2 is 1.74 bits per heavy atom. The van der Waals surface area contributed by atoms with Crippen molar-refractivity contribution in [2.75, 3.05) is 11.9 Å². The van der Waals surface area contributed by atoms with Gasteiger partial charge in [0, 0.05) is 18.0 Å². The van der Waals surface area contributed by atoms with E-state index < -0.39 is 24.0 Å². The monoisotopic (exact) mass is 334 g/mol.